The summed E-state index contributed by atoms with van der Waals surface area (Å²) in [6.45, 7) is 0.206. The number of nitrogens with zero attached hydrogens (tertiary/aromatic N) is 7. The Kier molecular flexibility index (Phi) is 10.1. The van der Waals surface area contributed by atoms with Gasteiger partial charge in [-0.25, -0.2) is 14.8 Å². The molecule has 56 heavy (non-hydrogen) atoms. The number of aliphatic hydroxyl groups is 1. The zero-order chi connectivity index (χ0) is 40.1. The molecule has 19 heteroatoms. The highest BCUT2D eigenvalue weighted by Gasteiger charge is 2.39. The first-order valence-corrected chi connectivity index (χ1v) is 17.7. The maximum Gasteiger partial charge on any atom is 0.417 e. The molecule has 2 amide bonds. The fourth-order valence-corrected chi connectivity index (χ4v) is 7.04. The number of benzene rings is 3. The molecule has 4 heterocycles. The average molecular weight is 844 g/mol. The molecule has 0 unspecified atom stereocenters. The Morgan fingerprint density at radius 1 is 1.00 bits per heavy atom. The summed E-state index contributed by atoms with van der Waals surface area (Å²) in [6.07, 6.45) is -7.94. The number of nitrogens with one attached hydrogen (secondary N) is 1. The molecule has 1 aliphatic rings. The van der Waals surface area contributed by atoms with Crippen molar-refractivity contribution in [1.29, 1.82) is 0 Å². The summed E-state index contributed by atoms with van der Waals surface area (Å²) in [7, 11) is 0. The topological polar surface area (TPSA) is 140 Å². The van der Waals surface area contributed by atoms with Crippen LogP contribution >= 0.6 is 15.9 Å². The second kappa shape index (κ2) is 14.7. The minimum atomic E-state index is -4.89. The summed E-state index contributed by atoms with van der Waals surface area (Å²) in [5, 5.41) is 16.8. The largest absolute Gasteiger partial charge is 0.417 e. The Bertz CT molecular complexity index is 2530. The van der Waals surface area contributed by atoms with Crippen LogP contribution in [0.15, 0.2) is 94.6 Å². The first-order valence-electron chi connectivity index (χ1n) is 16.9. The summed E-state index contributed by atoms with van der Waals surface area (Å²) in [5.74, 6) is -1.11. The number of carbonyl (C=O) groups is 2. The fourth-order valence-electron chi connectivity index (χ4n) is 6.57. The lowest BCUT2D eigenvalue weighted by Gasteiger charge is -2.34. The van der Waals surface area contributed by atoms with Gasteiger partial charge in [0, 0.05) is 58.7 Å². The van der Waals surface area contributed by atoms with E-state index in [4.69, 9.17) is 0 Å². The van der Waals surface area contributed by atoms with E-state index in [9.17, 15) is 45.8 Å². The Morgan fingerprint density at radius 3 is 2.45 bits per heavy atom. The van der Waals surface area contributed by atoms with Gasteiger partial charge >= 0.3 is 18.0 Å². The highest BCUT2D eigenvalue weighted by atomic mass is 79.9. The fraction of sp³-hybridized carbons (Fsp3) is 0.243. The molecule has 0 aliphatic carbocycles. The number of imidazole rings is 1. The van der Waals surface area contributed by atoms with Crippen molar-refractivity contribution in [2.75, 3.05) is 0 Å². The molecule has 6 aromatic rings. The van der Waals surface area contributed by atoms with Crippen LogP contribution in [0, 0.1) is 0 Å². The van der Waals surface area contributed by atoms with Crippen LogP contribution in [0.25, 0.3) is 28.0 Å². The van der Waals surface area contributed by atoms with E-state index in [1.54, 1.807) is 49.6 Å². The van der Waals surface area contributed by atoms with Gasteiger partial charge in [-0.15, -0.1) is 0 Å². The lowest BCUT2D eigenvalue weighted by molar-refractivity contribution is -0.207. The van der Waals surface area contributed by atoms with E-state index < -0.39 is 54.1 Å². The normalized spacial score (nSPS) is 15.2. The highest BCUT2D eigenvalue weighted by Crippen LogP contribution is 2.36. The van der Waals surface area contributed by atoms with E-state index in [-0.39, 0.29) is 57.6 Å². The van der Waals surface area contributed by atoms with E-state index in [1.807, 2.05) is 0 Å². The third-order valence-corrected chi connectivity index (χ3v) is 10.0. The second-order valence-corrected chi connectivity index (χ2v) is 13.9. The van der Waals surface area contributed by atoms with Gasteiger partial charge in [0.15, 0.2) is 11.9 Å². The molecule has 7 rings (SSSR count). The van der Waals surface area contributed by atoms with Crippen LogP contribution in [0.2, 0.25) is 0 Å². The van der Waals surface area contributed by atoms with Crippen molar-refractivity contribution in [2.24, 2.45) is 0 Å². The molecular formula is C37H29BrF6N8O4. The number of fused-ring (bicyclic) bond motifs is 2. The lowest BCUT2D eigenvalue weighted by atomic mass is 10.1. The zero-order valence-electron chi connectivity index (χ0n) is 29.0. The molecule has 3 aromatic carbocycles. The van der Waals surface area contributed by atoms with Gasteiger partial charge in [-0.1, -0.05) is 40.2 Å². The zero-order valence-corrected chi connectivity index (χ0v) is 30.6. The van der Waals surface area contributed by atoms with E-state index in [1.165, 1.54) is 39.9 Å². The quantitative estimate of drug-likeness (QED) is 0.176. The van der Waals surface area contributed by atoms with Crippen molar-refractivity contribution in [1.82, 2.24) is 39.1 Å². The van der Waals surface area contributed by atoms with Crippen LogP contribution in [-0.4, -0.2) is 69.0 Å². The van der Waals surface area contributed by atoms with Crippen LogP contribution in [0.1, 0.15) is 44.6 Å². The van der Waals surface area contributed by atoms with Gasteiger partial charge in [-0.2, -0.15) is 31.4 Å². The molecule has 2 N–H and O–H groups in total. The smallest absolute Gasteiger partial charge is 0.382 e. The molecular weight excluding hydrogens is 814 g/mol. The van der Waals surface area contributed by atoms with Crippen LogP contribution in [-0.2, 0) is 32.4 Å². The number of amides is 2. The van der Waals surface area contributed by atoms with Crippen LogP contribution in [0.4, 0.5) is 26.3 Å². The predicted molar refractivity (Wildman–Crippen MR) is 192 cm³/mol. The third kappa shape index (κ3) is 7.43. The number of hydrogen-bond acceptors (Lipinski definition) is 7. The van der Waals surface area contributed by atoms with Crippen molar-refractivity contribution in [2.45, 2.75) is 57.6 Å². The Labute approximate surface area is 321 Å². The molecule has 0 radical (unpaired) electrons. The summed E-state index contributed by atoms with van der Waals surface area (Å²) in [6, 6.07) is 15.4. The summed E-state index contributed by atoms with van der Waals surface area (Å²) in [5.41, 5.74) is -0.443. The van der Waals surface area contributed by atoms with Crippen molar-refractivity contribution in [3.05, 3.63) is 128 Å². The van der Waals surface area contributed by atoms with Crippen molar-refractivity contribution < 1.29 is 41.0 Å². The Morgan fingerprint density at radius 2 is 1.73 bits per heavy atom. The number of aliphatic hydroxyl groups excluding tert-OH is 1. The van der Waals surface area contributed by atoms with Crippen molar-refractivity contribution in [3.63, 3.8) is 0 Å². The summed E-state index contributed by atoms with van der Waals surface area (Å²) < 4.78 is 83.6. The number of carbonyl (C=O) groups excluding carboxylic acids is 2. The molecule has 290 valence electrons. The van der Waals surface area contributed by atoms with Crippen LogP contribution in [0.5, 0.6) is 0 Å². The standard InChI is InChI=1S/C37H29BrF6N8O4/c1-20-16-51-29(18-50(20)34(55)21-7-9-27(38)26(14-21)36(39,40)41)31(33(54)47-15-22-5-2-3-6-25(22)32-45-11-4-12-46-32)52(35(51)56)24-8-10-28-23(13-24)17-49(48-28)19-30(53)37(42,43)44/h2-14,17,20,30,53H,15-16,18-19H2,1H3,(H,47,54)/t20-,30+/m1/s1. The van der Waals surface area contributed by atoms with E-state index in [0.717, 1.165) is 21.4 Å². The summed E-state index contributed by atoms with van der Waals surface area (Å²) in [4.78, 5) is 52.3. The second-order valence-electron chi connectivity index (χ2n) is 13.1. The van der Waals surface area contributed by atoms with Gasteiger partial charge in [0.1, 0.15) is 5.69 Å². The molecule has 3 aromatic heterocycles. The predicted octanol–water partition coefficient (Wildman–Crippen LogP) is 6.12. The Balaban J connectivity index is 1.30. The number of hydrogen-bond donors (Lipinski definition) is 2. The molecule has 0 saturated heterocycles. The minimum absolute atomic E-state index is 0.0580. The lowest BCUT2D eigenvalue weighted by Crippen LogP contribution is -2.47. The van der Waals surface area contributed by atoms with Gasteiger partial charge in [0.05, 0.1) is 35.6 Å². The van der Waals surface area contributed by atoms with Crippen molar-refractivity contribution in [3.8, 4) is 17.1 Å². The number of halogens is 7. The average Bonchev–Trinajstić information content (AvgIpc) is 3.69. The van der Waals surface area contributed by atoms with Crippen LogP contribution < -0.4 is 11.0 Å². The van der Waals surface area contributed by atoms with Crippen LogP contribution in [0.3, 0.4) is 0 Å². The monoisotopic (exact) mass is 842 g/mol. The van der Waals surface area contributed by atoms with Gasteiger partial charge in [-0.05, 0) is 55.0 Å². The number of alkyl halides is 6. The molecule has 2 atom stereocenters. The maximum absolute atomic E-state index is 14.3. The SMILES string of the molecule is C[C@@H]1Cn2c(c(C(=O)NCc3ccccc3-c3ncccn3)n(-c3ccc4nn(C[C@H](O)C(F)(F)F)cc4c3)c2=O)CN1C(=O)c1ccc(Br)c(C(F)(F)F)c1. The first kappa shape index (κ1) is 38.5. The van der Waals surface area contributed by atoms with Crippen molar-refractivity contribution >= 4 is 38.6 Å². The third-order valence-electron chi connectivity index (χ3n) is 9.33. The van der Waals surface area contributed by atoms with E-state index in [2.05, 4.69) is 36.3 Å². The number of rotatable bonds is 8. The molecule has 0 saturated carbocycles. The molecule has 0 fully saturated rings. The maximum atomic E-state index is 14.3. The number of aromatic nitrogens is 6. The first-order chi connectivity index (χ1) is 26.5. The molecule has 0 bridgehead atoms. The highest BCUT2D eigenvalue weighted by molar-refractivity contribution is 9.10. The van der Waals surface area contributed by atoms with Gasteiger partial charge in [-0.3, -0.25) is 23.4 Å². The molecule has 1 aliphatic heterocycles. The molecule has 12 nitrogen and oxygen atoms in total. The van der Waals surface area contributed by atoms with Gasteiger partial charge in [0.25, 0.3) is 11.8 Å². The van der Waals surface area contributed by atoms with Gasteiger partial charge < -0.3 is 15.3 Å². The Hall–Kier alpha value is -5.82. The minimum Gasteiger partial charge on any atom is -0.382 e. The summed E-state index contributed by atoms with van der Waals surface area (Å²) >= 11 is 2.89. The van der Waals surface area contributed by atoms with E-state index in [0.29, 0.717) is 17.0 Å². The van der Waals surface area contributed by atoms with Gasteiger partial charge in [0.2, 0.25) is 0 Å². The molecule has 0 spiro atoms. The van der Waals surface area contributed by atoms with E-state index >= 15 is 0 Å².